The van der Waals surface area contributed by atoms with Gasteiger partial charge in [0, 0.05) is 32.2 Å². The number of ether oxygens (including phenoxy) is 2. The molecule has 3 nitrogen and oxygen atoms in total. The zero-order chi connectivity index (χ0) is 13.9. The summed E-state index contributed by atoms with van der Waals surface area (Å²) in [6, 6.07) is 0.719. The van der Waals surface area contributed by atoms with Crippen LogP contribution in [0.5, 0.6) is 0 Å². The van der Waals surface area contributed by atoms with E-state index in [1.807, 2.05) is 13.8 Å². The van der Waals surface area contributed by atoms with Crippen LogP contribution in [0.3, 0.4) is 0 Å². The monoisotopic (exact) mass is 271 g/mol. The molecular formula is C16H33NO2. The minimum atomic E-state index is -0.0288. The fourth-order valence-corrected chi connectivity index (χ4v) is 3.06. The summed E-state index contributed by atoms with van der Waals surface area (Å²) in [6.45, 7) is 8.81. The lowest BCUT2D eigenvalue weighted by Gasteiger charge is -2.29. The molecule has 0 aromatic rings. The molecule has 1 fully saturated rings. The Bertz CT molecular complexity index is 197. The van der Waals surface area contributed by atoms with Crippen molar-refractivity contribution < 1.29 is 9.47 Å². The fourth-order valence-electron chi connectivity index (χ4n) is 3.06. The number of rotatable bonds is 10. The highest BCUT2D eigenvalue weighted by atomic mass is 16.7. The van der Waals surface area contributed by atoms with Crippen molar-refractivity contribution in [2.45, 2.75) is 78.0 Å². The number of hydrogen-bond donors (Lipinski definition) is 1. The molecule has 0 atom stereocenters. The molecule has 0 radical (unpaired) electrons. The van der Waals surface area contributed by atoms with E-state index in [4.69, 9.17) is 9.47 Å². The van der Waals surface area contributed by atoms with Gasteiger partial charge in [0.2, 0.25) is 0 Å². The molecule has 1 aliphatic rings. The molecule has 1 rings (SSSR count). The fraction of sp³-hybridized carbons (Fsp3) is 1.00. The molecule has 19 heavy (non-hydrogen) atoms. The zero-order valence-electron chi connectivity index (χ0n) is 13.1. The molecule has 1 saturated carbocycles. The molecule has 0 saturated heterocycles. The third-order valence-electron chi connectivity index (χ3n) is 4.06. The van der Waals surface area contributed by atoms with Crippen LogP contribution >= 0.6 is 0 Å². The summed E-state index contributed by atoms with van der Waals surface area (Å²) in [5, 5.41) is 3.67. The van der Waals surface area contributed by atoms with Crippen LogP contribution < -0.4 is 5.32 Å². The maximum absolute atomic E-state index is 5.56. The quantitative estimate of drug-likeness (QED) is 0.614. The van der Waals surface area contributed by atoms with Crippen molar-refractivity contribution in [2.24, 2.45) is 5.92 Å². The Labute approximate surface area is 119 Å². The van der Waals surface area contributed by atoms with Crippen LogP contribution in [0.2, 0.25) is 0 Å². The van der Waals surface area contributed by atoms with Gasteiger partial charge in [-0.05, 0) is 45.4 Å². The van der Waals surface area contributed by atoms with E-state index in [0.717, 1.165) is 38.1 Å². The van der Waals surface area contributed by atoms with Gasteiger partial charge in [-0.2, -0.15) is 0 Å². The zero-order valence-corrected chi connectivity index (χ0v) is 13.1. The Hall–Kier alpha value is -0.120. The predicted octanol–water partition coefficient (Wildman–Crippen LogP) is 3.72. The third kappa shape index (κ3) is 7.28. The molecule has 0 aromatic heterocycles. The first-order chi connectivity index (χ1) is 9.30. The summed E-state index contributed by atoms with van der Waals surface area (Å²) >= 11 is 0. The normalized spacial score (nSPS) is 24.0. The minimum absolute atomic E-state index is 0.0288. The molecule has 0 heterocycles. The summed E-state index contributed by atoms with van der Waals surface area (Å²) in [5.41, 5.74) is 0. The van der Waals surface area contributed by atoms with E-state index in [2.05, 4.69) is 12.2 Å². The van der Waals surface area contributed by atoms with Gasteiger partial charge in [0.25, 0.3) is 0 Å². The number of nitrogens with one attached hydrogen (secondary N) is 1. The Balaban J connectivity index is 2.09. The van der Waals surface area contributed by atoms with Gasteiger partial charge in [-0.1, -0.05) is 19.8 Å². The summed E-state index contributed by atoms with van der Waals surface area (Å²) < 4.78 is 11.1. The van der Waals surface area contributed by atoms with E-state index >= 15 is 0 Å². The molecule has 0 bridgehead atoms. The molecule has 0 spiro atoms. The first-order valence-electron chi connectivity index (χ1n) is 8.26. The highest BCUT2D eigenvalue weighted by Crippen LogP contribution is 2.27. The van der Waals surface area contributed by atoms with Gasteiger partial charge in [-0.25, -0.2) is 0 Å². The number of hydrogen-bond acceptors (Lipinski definition) is 3. The highest BCUT2D eigenvalue weighted by Gasteiger charge is 2.20. The highest BCUT2D eigenvalue weighted by molar-refractivity contribution is 4.77. The second kappa shape index (κ2) is 10.6. The lowest BCUT2D eigenvalue weighted by molar-refractivity contribution is -0.138. The van der Waals surface area contributed by atoms with Crippen LogP contribution in [0.15, 0.2) is 0 Å². The lowest BCUT2D eigenvalue weighted by atomic mass is 9.83. The van der Waals surface area contributed by atoms with Gasteiger partial charge in [0.05, 0.1) is 0 Å². The molecule has 0 aliphatic heterocycles. The van der Waals surface area contributed by atoms with Crippen LogP contribution in [-0.2, 0) is 9.47 Å². The summed E-state index contributed by atoms with van der Waals surface area (Å²) in [4.78, 5) is 0. The topological polar surface area (TPSA) is 30.5 Å². The average molecular weight is 271 g/mol. The predicted molar refractivity (Wildman–Crippen MR) is 80.3 cm³/mol. The smallest absolute Gasteiger partial charge is 0.158 e. The second-order valence-corrected chi connectivity index (χ2v) is 5.59. The van der Waals surface area contributed by atoms with Gasteiger partial charge in [-0.15, -0.1) is 0 Å². The van der Waals surface area contributed by atoms with Gasteiger partial charge in [-0.3, -0.25) is 0 Å². The van der Waals surface area contributed by atoms with Crippen molar-refractivity contribution in [1.82, 2.24) is 5.32 Å². The molecular weight excluding hydrogens is 238 g/mol. The van der Waals surface area contributed by atoms with E-state index < -0.39 is 0 Å². The van der Waals surface area contributed by atoms with E-state index in [1.54, 1.807) is 0 Å². The molecule has 1 aliphatic carbocycles. The van der Waals surface area contributed by atoms with E-state index in [0.29, 0.717) is 0 Å². The largest absolute Gasteiger partial charge is 0.353 e. The van der Waals surface area contributed by atoms with Gasteiger partial charge < -0.3 is 14.8 Å². The summed E-state index contributed by atoms with van der Waals surface area (Å²) in [7, 11) is 0. The van der Waals surface area contributed by atoms with E-state index in [9.17, 15) is 0 Å². The van der Waals surface area contributed by atoms with Crippen molar-refractivity contribution in [2.75, 3.05) is 19.8 Å². The summed E-state index contributed by atoms with van der Waals surface area (Å²) in [6.07, 6.45) is 9.20. The van der Waals surface area contributed by atoms with E-state index in [1.165, 1.54) is 38.5 Å². The van der Waals surface area contributed by atoms with Crippen molar-refractivity contribution in [3.63, 3.8) is 0 Å². The van der Waals surface area contributed by atoms with Gasteiger partial charge in [0.15, 0.2) is 6.29 Å². The SMILES string of the molecule is CCCC1CCC(NCCC(OCC)OCC)CC1. The maximum Gasteiger partial charge on any atom is 0.158 e. The molecule has 0 unspecified atom stereocenters. The van der Waals surface area contributed by atoms with Crippen LogP contribution in [0, 0.1) is 5.92 Å². The first kappa shape index (κ1) is 16.9. The molecule has 3 heteroatoms. The lowest BCUT2D eigenvalue weighted by Crippen LogP contribution is -2.35. The van der Waals surface area contributed by atoms with Crippen LogP contribution in [-0.4, -0.2) is 32.1 Å². The van der Waals surface area contributed by atoms with E-state index in [-0.39, 0.29) is 6.29 Å². The Morgan fingerprint density at radius 1 is 1.00 bits per heavy atom. The molecule has 0 amide bonds. The third-order valence-corrected chi connectivity index (χ3v) is 4.06. The molecule has 114 valence electrons. The van der Waals surface area contributed by atoms with Crippen molar-refractivity contribution in [3.05, 3.63) is 0 Å². The Kier molecular flexibility index (Phi) is 9.48. The van der Waals surface area contributed by atoms with Crippen molar-refractivity contribution in [1.29, 1.82) is 0 Å². The Morgan fingerprint density at radius 2 is 1.63 bits per heavy atom. The van der Waals surface area contributed by atoms with Crippen LogP contribution in [0.25, 0.3) is 0 Å². The second-order valence-electron chi connectivity index (χ2n) is 5.59. The van der Waals surface area contributed by atoms with Crippen LogP contribution in [0.1, 0.15) is 65.7 Å². The van der Waals surface area contributed by atoms with Crippen molar-refractivity contribution in [3.8, 4) is 0 Å². The molecule has 0 aromatic carbocycles. The van der Waals surface area contributed by atoms with Crippen LogP contribution in [0.4, 0.5) is 0 Å². The first-order valence-corrected chi connectivity index (χ1v) is 8.26. The summed E-state index contributed by atoms with van der Waals surface area (Å²) in [5.74, 6) is 0.989. The standard InChI is InChI=1S/C16H33NO2/c1-4-7-14-8-10-15(11-9-14)17-13-12-16(18-5-2)19-6-3/h14-17H,4-13H2,1-3H3. The average Bonchev–Trinajstić information content (AvgIpc) is 2.41. The minimum Gasteiger partial charge on any atom is -0.353 e. The van der Waals surface area contributed by atoms with Gasteiger partial charge in [0.1, 0.15) is 0 Å². The van der Waals surface area contributed by atoms with Crippen molar-refractivity contribution >= 4 is 0 Å². The Morgan fingerprint density at radius 3 is 2.16 bits per heavy atom. The molecule has 1 N–H and O–H groups in total. The maximum atomic E-state index is 5.56. The van der Waals surface area contributed by atoms with Gasteiger partial charge >= 0.3 is 0 Å².